The molecule has 2 aliphatic heterocycles. The number of nitrogens with one attached hydrogen (secondary N) is 1. The van der Waals surface area contributed by atoms with E-state index >= 15 is 0 Å². The van der Waals surface area contributed by atoms with E-state index in [1.165, 1.54) is 6.26 Å². The Kier molecular flexibility index (Phi) is 6.06. The van der Waals surface area contributed by atoms with E-state index in [9.17, 15) is 9.59 Å². The van der Waals surface area contributed by atoms with Crippen LogP contribution in [0.2, 0.25) is 5.02 Å². The van der Waals surface area contributed by atoms with E-state index in [0.717, 1.165) is 5.56 Å². The summed E-state index contributed by atoms with van der Waals surface area (Å²) in [5.74, 6) is -0.451. The summed E-state index contributed by atoms with van der Waals surface area (Å²) < 4.78 is 30.0. The van der Waals surface area contributed by atoms with Crippen molar-refractivity contribution in [3.63, 3.8) is 0 Å². The number of H-pyrrole nitrogens is 1. The minimum Gasteiger partial charge on any atom is -0.462 e. The van der Waals surface area contributed by atoms with Crippen molar-refractivity contribution in [1.29, 1.82) is 0 Å². The van der Waals surface area contributed by atoms with Crippen molar-refractivity contribution in [3.8, 4) is 0 Å². The number of furan rings is 1. The average molecular weight is 505 g/mol. The molecule has 0 aliphatic carbocycles. The Morgan fingerprint density at radius 3 is 2.74 bits per heavy atom. The van der Waals surface area contributed by atoms with E-state index in [2.05, 4.69) is 9.97 Å². The predicted octanol–water partition coefficient (Wildman–Crippen LogP) is 2.17. The third kappa shape index (κ3) is 4.30. The molecule has 5 atom stereocenters. The lowest BCUT2D eigenvalue weighted by Crippen LogP contribution is -2.41. The molecule has 12 heteroatoms. The third-order valence-corrected chi connectivity index (χ3v) is 6.37. The van der Waals surface area contributed by atoms with Crippen LogP contribution in [0.25, 0.3) is 11.1 Å². The van der Waals surface area contributed by atoms with Gasteiger partial charge in [-0.3, -0.25) is 19.5 Å². The van der Waals surface area contributed by atoms with Crippen LogP contribution in [0, 0.1) is 0 Å². The van der Waals surface area contributed by atoms with Gasteiger partial charge in [0, 0.05) is 16.1 Å². The Hall–Kier alpha value is -2.96. The second kappa shape index (κ2) is 8.92. The van der Waals surface area contributed by atoms with Crippen LogP contribution in [0.5, 0.6) is 0 Å². The van der Waals surface area contributed by atoms with E-state index in [4.69, 9.17) is 40.7 Å². The summed E-state index contributed by atoms with van der Waals surface area (Å²) in [6.45, 7) is 1.92. The molecular weight excluding hydrogens is 480 g/mol. The van der Waals surface area contributed by atoms with Gasteiger partial charge in [-0.2, -0.15) is 0 Å². The van der Waals surface area contributed by atoms with Crippen LogP contribution in [-0.4, -0.2) is 65.9 Å². The number of rotatable bonds is 6. The molecule has 0 spiro atoms. The highest BCUT2D eigenvalue weighted by atomic mass is 35.5. The zero-order chi connectivity index (χ0) is 24.9. The standard InChI is InChI=1S/C23H25ClN4O7/c1-23-18(13-9-32-17-16(13)26-22(25)27-20(17)30)33-14(10-31-15(29)8-28(2)3)19(23)34-21(35-23)11-4-6-12(24)7-5-11/h4-7,9,14,18-19,21H,8,10H2,1-3H3,(H3,25,26,27,30)/t14-,18+,19-,21?,23+/m1/s1. The molecule has 0 radical (unpaired) electrons. The van der Waals surface area contributed by atoms with Crippen molar-refractivity contribution in [2.75, 3.05) is 33.0 Å². The smallest absolute Gasteiger partial charge is 0.320 e. The fourth-order valence-corrected chi connectivity index (χ4v) is 4.67. The van der Waals surface area contributed by atoms with E-state index in [0.29, 0.717) is 10.6 Å². The largest absolute Gasteiger partial charge is 0.462 e. The first-order chi connectivity index (χ1) is 16.7. The van der Waals surface area contributed by atoms with Gasteiger partial charge in [0.1, 0.15) is 36.0 Å². The number of nitrogen functional groups attached to an aromatic ring is 1. The number of carbonyl (C=O) groups is 1. The second-order valence-corrected chi connectivity index (χ2v) is 9.47. The molecule has 0 bridgehead atoms. The van der Waals surface area contributed by atoms with Gasteiger partial charge in [-0.1, -0.05) is 23.7 Å². The number of ether oxygens (including phenoxy) is 4. The highest BCUT2D eigenvalue weighted by Crippen LogP contribution is 2.54. The summed E-state index contributed by atoms with van der Waals surface area (Å²) in [5, 5.41) is 0.587. The molecule has 11 nitrogen and oxygen atoms in total. The number of aromatic nitrogens is 2. The molecule has 2 fully saturated rings. The van der Waals surface area contributed by atoms with E-state index < -0.39 is 41.7 Å². The van der Waals surface area contributed by atoms with Gasteiger partial charge in [-0.05, 0) is 33.2 Å². The molecule has 0 saturated carbocycles. The normalized spacial score (nSPS) is 28.0. The molecule has 3 N–H and O–H groups in total. The van der Waals surface area contributed by atoms with Gasteiger partial charge >= 0.3 is 5.97 Å². The molecule has 4 heterocycles. The van der Waals surface area contributed by atoms with Gasteiger partial charge in [-0.15, -0.1) is 0 Å². The highest BCUT2D eigenvalue weighted by Gasteiger charge is 2.62. The first-order valence-corrected chi connectivity index (χ1v) is 11.3. The summed E-state index contributed by atoms with van der Waals surface area (Å²) in [5.41, 5.74) is 5.77. The number of likely N-dealkylation sites (N-methyl/N-ethyl adjacent to an activating group) is 1. The lowest BCUT2D eigenvalue weighted by Gasteiger charge is -2.27. The molecule has 2 aromatic heterocycles. The van der Waals surface area contributed by atoms with Crippen LogP contribution in [0.1, 0.15) is 30.4 Å². The van der Waals surface area contributed by atoms with Crippen molar-refractivity contribution in [1.82, 2.24) is 14.9 Å². The lowest BCUT2D eigenvalue weighted by molar-refractivity contribution is -0.167. The van der Waals surface area contributed by atoms with E-state index in [-0.39, 0.29) is 30.2 Å². The molecule has 0 amide bonds. The fraction of sp³-hybridized carbons (Fsp3) is 0.435. The van der Waals surface area contributed by atoms with Gasteiger partial charge in [0.05, 0.1) is 12.8 Å². The van der Waals surface area contributed by atoms with Crippen molar-refractivity contribution in [2.24, 2.45) is 0 Å². The van der Waals surface area contributed by atoms with Gasteiger partial charge in [-0.25, -0.2) is 4.98 Å². The molecule has 1 aromatic carbocycles. The Bertz CT molecular complexity index is 1310. The average Bonchev–Trinajstić information content (AvgIpc) is 3.42. The minimum atomic E-state index is -1.03. The van der Waals surface area contributed by atoms with Gasteiger partial charge in [0.15, 0.2) is 6.29 Å². The van der Waals surface area contributed by atoms with Gasteiger partial charge in [0.25, 0.3) is 5.56 Å². The Labute approximate surface area is 205 Å². The summed E-state index contributed by atoms with van der Waals surface area (Å²) in [7, 11) is 3.55. The minimum absolute atomic E-state index is 0.0203. The monoisotopic (exact) mass is 504 g/mol. The number of aromatic amines is 1. The maximum Gasteiger partial charge on any atom is 0.320 e. The number of hydrogen-bond acceptors (Lipinski definition) is 10. The SMILES string of the molecule is CN(C)CC(=O)OC[C@H]1O[C@@H](c2coc3c(=O)[nH]c(N)nc23)[C@]2(C)OC(c3ccc(Cl)cc3)O[C@H]12. The van der Waals surface area contributed by atoms with Crippen LogP contribution in [0.4, 0.5) is 5.95 Å². The van der Waals surface area contributed by atoms with Crippen LogP contribution < -0.4 is 11.3 Å². The number of benzene rings is 1. The van der Waals surface area contributed by atoms with Crippen molar-refractivity contribution in [3.05, 3.63) is 57.0 Å². The van der Waals surface area contributed by atoms with Crippen LogP contribution in [0.15, 0.2) is 39.7 Å². The van der Waals surface area contributed by atoms with E-state index in [1.807, 2.05) is 19.1 Å². The fourth-order valence-electron chi connectivity index (χ4n) is 4.55. The summed E-state index contributed by atoms with van der Waals surface area (Å²) >= 11 is 6.03. The summed E-state index contributed by atoms with van der Waals surface area (Å²) in [6, 6.07) is 7.12. The number of halogens is 1. The number of nitrogens with zero attached hydrogens (tertiary/aromatic N) is 2. The molecule has 3 aromatic rings. The summed E-state index contributed by atoms with van der Waals surface area (Å²) in [4.78, 5) is 32.8. The quantitative estimate of drug-likeness (QED) is 0.479. The number of fused-ring (bicyclic) bond motifs is 2. The molecule has 35 heavy (non-hydrogen) atoms. The number of carbonyl (C=O) groups excluding carboxylic acids is 1. The van der Waals surface area contributed by atoms with Gasteiger partial charge < -0.3 is 29.1 Å². The topological polar surface area (TPSA) is 142 Å². The lowest BCUT2D eigenvalue weighted by atomic mass is 9.89. The van der Waals surface area contributed by atoms with Crippen molar-refractivity contribution in [2.45, 2.75) is 37.1 Å². The zero-order valence-corrected chi connectivity index (χ0v) is 20.1. The second-order valence-electron chi connectivity index (χ2n) is 9.04. The van der Waals surface area contributed by atoms with Gasteiger partial charge in [0.2, 0.25) is 11.5 Å². The zero-order valence-electron chi connectivity index (χ0n) is 19.3. The molecule has 2 saturated heterocycles. The first-order valence-electron chi connectivity index (χ1n) is 11.0. The number of anilines is 1. The number of hydrogen-bond donors (Lipinski definition) is 2. The Balaban J connectivity index is 1.49. The summed E-state index contributed by atoms with van der Waals surface area (Å²) in [6.07, 6.45) is -1.33. The third-order valence-electron chi connectivity index (χ3n) is 6.12. The number of esters is 1. The van der Waals surface area contributed by atoms with E-state index in [1.54, 1.807) is 31.1 Å². The van der Waals surface area contributed by atoms with Crippen molar-refractivity contribution >= 4 is 34.6 Å². The van der Waals surface area contributed by atoms with Crippen LogP contribution in [-0.2, 0) is 23.7 Å². The molecular formula is C23H25ClN4O7. The van der Waals surface area contributed by atoms with Crippen LogP contribution in [0.3, 0.4) is 0 Å². The Morgan fingerprint density at radius 1 is 1.29 bits per heavy atom. The first kappa shape index (κ1) is 23.8. The molecule has 186 valence electrons. The van der Waals surface area contributed by atoms with Crippen LogP contribution >= 0.6 is 11.6 Å². The molecule has 1 unspecified atom stereocenters. The maximum absolute atomic E-state index is 12.3. The number of nitrogens with two attached hydrogens (primary N) is 1. The molecule has 5 rings (SSSR count). The predicted molar refractivity (Wildman–Crippen MR) is 125 cm³/mol. The maximum atomic E-state index is 12.3. The molecule has 2 aliphatic rings. The Morgan fingerprint density at radius 2 is 2.03 bits per heavy atom. The highest BCUT2D eigenvalue weighted by molar-refractivity contribution is 6.30. The van der Waals surface area contributed by atoms with Crippen molar-refractivity contribution < 1.29 is 28.2 Å².